The Morgan fingerprint density at radius 2 is 1.78 bits per heavy atom. The number of benzene rings is 1. The number of aromatic amines is 1. The molecule has 0 bridgehead atoms. The Morgan fingerprint density at radius 3 is 2.61 bits per heavy atom. The lowest BCUT2D eigenvalue weighted by molar-refractivity contribution is -0.174. The summed E-state index contributed by atoms with van der Waals surface area (Å²) in [6.07, 6.45) is 10.2. The van der Waals surface area contributed by atoms with E-state index in [1.807, 2.05) is 24.3 Å². The van der Waals surface area contributed by atoms with E-state index in [0.29, 0.717) is 40.9 Å². The van der Waals surface area contributed by atoms with E-state index in [0.717, 1.165) is 49.9 Å². The van der Waals surface area contributed by atoms with E-state index in [2.05, 4.69) is 25.8 Å². The van der Waals surface area contributed by atoms with Gasteiger partial charge in [0.15, 0.2) is 0 Å². The molecule has 196 valence electrons. The third-order valence-corrected chi connectivity index (χ3v) is 11.9. The molecule has 1 unspecified atom stereocenters. The Balaban J connectivity index is 1.18. The van der Waals surface area contributed by atoms with Crippen molar-refractivity contribution in [2.75, 3.05) is 0 Å². The Bertz CT molecular complexity index is 1180. The van der Waals surface area contributed by atoms with Gasteiger partial charge < -0.3 is 15.2 Å². The number of hydrogen-bond acceptors (Lipinski definition) is 4. The van der Waals surface area contributed by atoms with Crippen molar-refractivity contribution in [3.63, 3.8) is 0 Å². The van der Waals surface area contributed by atoms with Gasteiger partial charge in [0, 0.05) is 6.42 Å². The highest BCUT2D eigenvalue weighted by molar-refractivity contribution is 5.77. The van der Waals surface area contributed by atoms with E-state index in [9.17, 15) is 15.0 Å². The maximum atomic E-state index is 12.5. The Kier molecular flexibility index (Phi) is 6.11. The van der Waals surface area contributed by atoms with E-state index in [1.54, 1.807) is 0 Å². The van der Waals surface area contributed by atoms with E-state index in [1.165, 1.54) is 25.7 Å². The van der Waals surface area contributed by atoms with Crippen LogP contribution >= 0.6 is 0 Å². The fourth-order valence-corrected chi connectivity index (χ4v) is 9.99. The lowest BCUT2D eigenvalue weighted by Gasteiger charge is -2.62. The molecule has 4 aliphatic rings. The van der Waals surface area contributed by atoms with Gasteiger partial charge in [0.05, 0.1) is 23.1 Å². The van der Waals surface area contributed by atoms with Gasteiger partial charge in [-0.25, -0.2) is 4.98 Å². The summed E-state index contributed by atoms with van der Waals surface area (Å²) < 4.78 is 0. The second-order valence-corrected chi connectivity index (χ2v) is 13.5. The SMILES string of the molecule is C[C@H](CCc1nc2ccccc2c(=O)[nH]1)[C@H]1CC[C@H]2[C@H]3C(CC[C@]12C)[C@@]1(C)CC[C@@H](O)C[C@H]1C[C@@H]3O. The zero-order valence-corrected chi connectivity index (χ0v) is 22.2. The highest BCUT2D eigenvalue weighted by atomic mass is 16.3. The summed E-state index contributed by atoms with van der Waals surface area (Å²) in [5.74, 6) is 4.09. The van der Waals surface area contributed by atoms with Crippen LogP contribution in [-0.4, -0.2) is 32.4 Å². The number of aliphatic hydroxyl groups excluding tert-OH is 2. The van der Waals surface area contributed by atoms with E-state index in [4.69, 9.17) is 4.98 Å². The first-order valence-electron chi connectivity index (χ1n) is 14.5. The second kappa shape index (κ2) is 8.94. The van der Waals surface area contributed by atoms with Crippen LogP contribution in [-0.2, 0) is 6.42 Å². The van der Waals surface area contributed by atoms with Crippen LogP contribution in [0.3, 0.4) is 0 Å². The Labute approximate surface area is 215 Å². The Morgan fingerprint density at radius 1 is 1.03 bits per heavy atom. The van der Waals surface area contributed by atoms with E-state index < -0.39 is 0 Å². The number of aliphatic hydroxyl groups is 2. The minimum absolute atomic E-state index is 0.0391. The fourth-order valence-electron chi connectivity index (χ4n) is 9.99. The molecule has 0 amide bonds. The summed E-state index contributed by atoms with van der Waals surface area (Å²) in [4.78, 5) is 20.3. The molecule has 4 fully saturated rings. The molecule has 0 spiro atoms. The van der Waals surface area contributed by atoms with Gasteiger partial charge in [0.25, 0.3) is 5.56 Å². The molecule has 4 aliphatic carbocycles. The molecule has 3 N–H and O–H groups in total. The van der Waals surface area contributed by atoms with Crippen LogP contribution in [0.2, 0.25) is 0 Å². The normalized spacial score (nSPS) is 43.0. The van der Waals surface area contributed by atoms with Gasteiger partial charge in [-0.15, -0.1) is 0 Å². The lowest BCUT2D eigenvalue weighted by atomic mass is 9.43. The molecule has 4 saturated carbocycles. The number of H-pyrrole nitrogens is 1. The molecule has 0 saturated heterocycles. The topological polar surface area (TPSA) is 86.2 Å². The summed E-state index contributed by atoms with van der Waals surface area (Å²) in [6.45, 7) is 7.42. The number of rotatable bonds is 4. The first-order chi connectivity index (χ1) is 17.2. The van der Waals surface area contributed by atoms with Gasteiger partial charge in [-0.3, -0.25) is 4.79 Å². The molecule has 2 aromatic rings. The van der Waals surface area contributed by atoms with Crippen molar-refractivity contribution >= 4 is 10.9 Å². The van der Waals surface area contributed by atoms with Crippen LogP contribution in [0.15, 0.2) is 29.1 Å². The number of nitrogens with zero attached hydrogens (tertiary/aromatic N) is 1. The zero-order chi connectivity index (χ0) is 25.2. The van der Waals surface area contributed by atoms with Gasteiger partial charge in [-0.2, -0.15) is 0 Å². The molecule has 36 heavy (non-hydrogen) atoms. The van der Waals surface area contributed by atoms with Gasteiger partial charge >= 0.3 is 0 Å². The fraction of sp³-hybridized carbons (Fsp3) is 0.742. The van der Waals surface area contributed by atoms with Crippen molar-refractivity contribution in [2.24, 2.45) is 46.3 Å². The predicted octanol–water partition coefficient (Wildman–Crippen LogP) is 5.48. The molecular weight excluding hydrogens is 448 g/mol. The van der Waals surface area contributed by atoms with Gasteiger partial charge in [0.1, 0.15) is 5.82 Å². The van der Waals surface area contributed by atoms with Gasteiger partial charge in [-0.1, -0.05) is 32.9 Å². The van der Waals surface area contributed by atoms with Crippen molar-refractivity contribution < 1.29 is 10.2 Å². The zero-order valence-electron chi connectivity index (χ0n) is 22.2. The summed E-state index contributed by atoms with van der Waals surface area (Å²) in [6, 6.07) is 7.58. The summed E-state index contributed by atoms with van der Waals surface area (Å²) in [5, 5.41) is 22.5. The molecule has 0 radical (unpaired) electrons. The van der Waals surface area contributed by atoms with Crippen molar-refractivity contribution in [2.45, 2.75) is 97.2 Å². The molecule has 10 atom stereocenters. The first kappa shape index (κ1) is 24.6. The van der Waals surface area contributed by atoms with Crippen LogP contribution in [0.5, 0.6) is 0 Å². The standard InChI is InChI=1S/C31H44N2O3/c1-18(8-11-27-32-25-7-5-4-6-21(25)29(36)33-27)22-9-10-23-28-24(13-15-31(22,23)3)30(2)14-12-20(34)16-19(30)17-26(28)35/h4-7,18-20,22-24,26,28,34-35H,8-17H2,1-3H3,(H,32,33,36)/t18-,19+,20-,22-,23+,24?,26+,28+,30+,31-/m1/s1. The molecule has 1 aromatic carbocycles. The largest absolute Gasteiger partial charge is 0.393 e. The Hall–Kier alpha value is -1.72. The maximum absolute atomic E-state index is 12.5. The monoisotopic (exact) mass is 492 g/mol. The second-order valence-electron chi connectivity index (χ2n) is 13.5. The number of hydrogen-bond donors (Lipinski definition) is 3. The minimum atomic E-state index is -0.219. The molecule has 1 heterocycles. The predicted molar refractivity (Wildman–Crippen MR) is 142 cm³/mol. The number of nitrogens with one attached hydrogen (secondary N) is 1. The molecule has 5 heteroatoms. The molecule has 1 aromatic heterocycles. The van der Waals surface area contributed by atoms with Crippen LogP contribution in [0.25, 0.3) is 10.9 Å². The first-order valence-corrected chi connectivity index (χ1v) is 14.5. The van der Waals surface area contributed by atoms with Crippen molar-refractivity contribution in [1.82, 2.24) is 9.97 Å². The quantitative estimate of drug-likeness (QED) is 0.527. The van der Waals surface area contributed by atoms with Gasteiger partial charge in [0.2, 0.25) is 0 Å². The molecule has 6 rings (SSSR count). The van der Waals surface area contributed by atoms with Crippen LogP contribution in [0.4, 0.5) is 0 Å². The van der Waals surface area contributed by atoms with Crippen LogP contribution in [0, 0.1) is 46.3 Å². The highest BCUT2D eigenvalue weighted by Crippen LogP contribution is 2.68. The van der Waals surface area contributed by atoms with Crippen molar-refractivity contribution in [1.29, 1.82) is 0 Å². The number of para-hydroxylation sites is 1. The van der Waals surface area contributed by atoms with Crippen LogP contribution < -0.4 is 5.56 Å². The smallest absolute Gasteiger partial charge is 0.258 e. The minimum Gasteiger partial charge on any atom is -0.393 e. The number of aromatic nitrogens is 2. The van der Waals surface area contributed by atoms with E-state index in [-0.39, 0.29) is 28.6 Å². The highest BCUT2D eigenvalue weighted by Gasteiger charge is 2.62. The molecule has 0 aliphatic heterocycles. The average molecular weight is 493 g/mol. The average Bonchev–Trinajstić information content (AvgIpc) is 3.21. The summed E-state index contributed by atoms with van der Waals surface area (Å²) in [7, 11) is 0. The number of fused-ring (bicyclic) bond motifs is 6. The van der Waals surface area contributed by atoms with Crippen LogP contribution in [0.1, 0.15) is 84.4 Å². The third kappa shape index (κ3) is 3.79. The summed E-state index contributed by atoms with van der Waals surface area (Å²) >= 11 is 0. The molecule has 5 nitrogen and oxygen atoms in total. The van der Waals surface area contributed by atoms with Crippen molar-refractivity contribution in [3.8, 4) is 0 Å². The number of aryl methyl sites for hydroxylation is 1. The van der Waals surface area contributed by atoms with Gasteiger partial charge in [-0.05, 0) is 116 Å². The third-order valence-electron chi connectivity index (χ3n) is 11.9. The lowest BCUT2D eigenvalue weighted by Crippen LogP contribution is -2.58. The van der Waals surface area contributed by atoms with E-state index >= 15 is 0 Å². The molecular formula is C31H44N2O3. The summed E-state index contributed by atoms with van der Waals surface area (Å²) in [5.41, 5.74) is 1.30. The van der Waals surface area contributed by atoms with Crippen molar-refractivity contribution in [3.05, 3.63) is 40.4 Å². The maximum Gasteiger partial charge on any atom is 0.258 e.